The van der Waals surface area contributed by atoms with Gasteiger partial charge >= 0.3 is 0 Å². The van der Waals surface area contributed by atoms with E-state index in [-0.39, 0.29) is 6.61 Å². The van der Waals surface area contributed by atoms with Crippen LogP contribution in [0.2, 0.25) is 5.02 Å². The van der Waals surface area contributed by atoms with Crippen molar-refractivity contribution < 1.29 is 5.11 Å². The SMILES string of the molecule is CCC(N)(CO)CCCSc1ccc(Cl)cc1. The van der Waals surface area contributed by atoms with Crippen LogP contribution >= 0.6 is 23.4 Å². The summed E-state index contributed by atoms with van der Waals surface area (Å²) in [5.41, 5.74) is 5.62. The van der Waals surface area contributed by atoms with Crippen LogP contribution in [0.15, 0.2) is 29.2 Å². The van der Waals surface area contributed by atoms with Gasteiger partial charge in [-0.25, -0.2) is 0 Å². The highest BCUT2D eigenvalue weighted by atomic mass is 35.5. The Bertz CT molecular complexity index is 325. The molecule has 0 aromatic heterocycles. The molecule has 1 rings (SSSR count). The molecule has 0 heterocycles. The quantitative estimate of drug-likeness (QED) is 0.592. The third kappa shape index (κ3) is 5.30. The first-order valence-corrected chi connectivity index (χ1v) is 7.24. The number of aliphatic hydroxyl groups is 1. The summed E-state index contributed by atoms with van der Waals surface area (Å²) in [7, 11) is 0. The first kappa shape index (κ1) is 14.8. The Morgan fingerprint density at radius 1 is 1.35 bits per heavy atom. The van der Waals surface area contributed by atoms with Crippen molar-refractivity contribution in [3.8, 4) is 0 Å². The number of halogens is 1. The van der Waals surface area contributed by atoms with Crippen molar-refractivity contribution in [2.75, 3.05) is 12.4 Å². The van der Waals surface area contributed by atoms with Crippen molar-refractivity contribution in [3.05, 3.63) is 29.3 Å². The van der Waals surface area contributed by atoms with Crippen LogP contribution in [-0.2, 0) is 0 Å². The van der Waals surface area contributed by atoms with Gasteiger partial charge in [0, 0.05) is 15.5 Å². The molecule has 1 aromatic carbocycles. The van der Waals surface area contributed by atoms with Crippen molar-refractivity contribution in [2.45, 2.75) is 36.6 Å². The molecule has 96 valence electrons. The summed E-state index contributed by atoms with van der Waals surface area (Å²) in [4.78, 5) is 1.22. The largest absolute Gasteiger partial charge is 0.394 e. The standard InChI is InChI=1S/C13H20ClNOS/c1-2-13(15,10-16)8-3-9-17-12-6-4-11(14)5-7-12/h4-7,16H,2-3,8-10,15H2,1H3. The van der Waals surface area contributed by atoms with Gasteiger partial charge in [-0.3, -0.25) is 0 Å². The number of thioether (sulfide) groups is 1. The second kappa shape index (κ2) is 7.27. The van der Waals surface area contributed by atoms with E-state index in [1.165, 1.54) is 4.90 Å². The lowest BCUT2D eigenvalue weighted by Crippen LogP contribution is -2.42. The number of nitrogens with two attached hydrogens (primary N) is 1. The van der Waals surface area contributed by atoms with Crippen molar-refractivity contribution in [3.63, 3.8) is 0 Å². The normalized spacial score (nSPS) is 14.6. The van der Waals surface area contributed by atoms with Crippen LogP contribution in [0.4, 0.5) is 0 Å². The van der Waals surface area contributed by atoms with Gasteiger partial charge in [-0.05, 0) is 49.3 Å². The van der Waals surface area contributed by atoms with Crippen molar-refractivity contribution >= 4 is 23.4 Å². The molecule has 0 aliphatic rings. The molecular formula is C13H20ClNOS. The Kier molecular flexibility index (Phi) is 6.34. The number of hydrogen-bond acceptors (Lipinski definition) is 3. The Labute approximate surface area is 113 Å². The minimum Gasteiger partial charge on any atom is -0.394 e. The maximum Gasteiger partial charge on any atom is 0.0611 e. The molecule has 0 saturated carbocycles. The molecule has 0 spiro atoms. The fourth-order valence-corrected chi connectivity index (χ4v) is 2.49. The van der Waals surface area contributed by atoms with E-state index in [2.05, 4.69) is 0 Å². The van der Waals surface area contributed by atoms with Gasteiger partial charge in [-0.15, -0.1) is 11.8 Å². The summed E-state index contributed by atoms with van der Waals surface area (Å²) in [6.07, 6.45) is 2.69. The van der Waals surface area contributed by atoms with Gasteiger partial charge in [0.1, 0.15) is 0 Å². The van der Waals surface area contributed by atoms with Crippen LogP contribution in [0.25, 0.3) is 0 Å². The van der Waals surface area contributed by atoms with Crippen LogP contribution in [-0.4, -0.2) is 23.0 Å². The highest BCUT2D eigenvalue weighted by molar-refractivity contribution is 7.99. The molecule has 3 N–H and O–H groups in total. The smallest absolute Gasteiger partial charge is 0.0611 e. The Morgan fingerprint density at radius 2 is 2.00 bits per heavy atom. The monoisotopic (exact) mass is 273 g/mol. The van der Waals surface area contributed by atoms with Crippen LogP contribution in [0.1, 0.15) is 26.2 Å². The van der Waals surface area contributed by atoms with E-state index >= 15 is 0 Å². The third-order valence-corrected chi connectivity index (χ3v) is 4.27. The molecule has 0 radical (unpaired) electrons. The molecule has 0 amide bonds. The fourth-order valence-electron chi connectivity index (χ4n) is 1.51. The zero-order chi connectivity index (χ0) is 12.7. The highest BCUT2D eigenvalue weighted by Crippen LogP contribution is 2.23. The number of benzene rings is 1. The van der Waals surface area contributed by atoms with Gasteiger partial charge in [0.05, 0.1) is 6.61 Å². The molecule has 17 heavy (non-hydrogen) atoms. The Balaban J connectivity index is 2.26. The molecule has 1 aromatic rings. The van der Waals surface area contributed by atoms with Crippen LogP contribution < -0.4 is 5.73 Å². The molecule has 0 bridgehead atoms. The molecule has 1 unspecified atom stereocenters. The molecule has 0 fully saturated rings. The first-order chi connectivity index (χ1) is 8.09. The maximum absolute atomic E-state index is 9.19. The molecular weight excluding hydrogens is 254 g/mol. The van der Waals surface area contributed by atoms with Crippen LogP contribution in [0.3, 0.4) is 0 Å². The van der Waals surface area contributed by atoms with Gasteiger partial charge in [0.15, 0.2) is 0 Å². The average Bonchev–Trinajstić information content (AvgIpc) is 2.36. The second-order valence-electron chi connectivity index (χ2n) is 4.28. The summed E-state index contributed by atoms with van der Waals surface area (Å²) in [6, 6.07) is 7.84. The fraction of sp³-hybridized carbons (Fsp3) is 0.538. The molecule has 0 aliphatic heterocycles. The van der Waals surface area contributed by atoms with E-state index < -0.39 is 5.54 Å². The number of rotatable bonds is 7. The van der Waals surface area contributed by atoms with E-state index in [1.54, 1.807) is 11.8 Å². The minimum atomic E-state index is -0.402. The summed E-state index contributed by atoms with van der Waals surface area (Å²) in [5, 5.41) is 9.95. The summed E-state index contributed by atoms with van der Waals surface area (Å²) in [5.74, 6) is 1.01. The highest BCUT2D eigenvalue weighted by Gasteiger charge is 2.20. The lowest BCUT2D eigenvalue weighted by atomic mass is 9.93. The number of aliphatic hydroxyl groups excluding tert-OH is 1. The maximum atomic E-state index is 9.19. The van der Waals surface area contributed by atoms with Crippen LogP contribution in [0, 0.1) is 0 Å². The lowest BCUT2D eigenvalue weighted by molar-refractivity contribution is 0.182. The predicted molar refractivity (Wildman–Crippen MR) is 75.7 cm³/mol. The van der Waals surface area contributed by atoms with Gasteiger partial charge < -0.3 is 10.8 Å². The second-order valence-corrected chi connectivity index (χ2v) is 5.88. The molecule has 4 heteroatoms. The lowest BCUT2D eigenvalue weighted by Gasteiger charge is -2.25. The van der Waals surface area contributed by atoms with E-state index in [4.69, 9.17) is 17.3 Å². The van der Waals surface area contributed by atoms with Crippen molar-refractivity contribution in [2.24, 2.45) is 5.73 Å². The third-order valence-electron chi connectivity index (χ3n) is 2.92. The van der Waals surface area contributed by atoms with E-state index in [9.17, 15) is 5.11 Å². The van der Waals surface area contributed by atoms with Gasteiger partial charge in [0.25, 0.3) is 0 Å². The van der Waals surface area contributed by atoms with Crippen LogP contribution in [0.5, 0.6) is 0 Å². The number of hydrogen-bond donors (Lipinski definition) is 2. The Hall–Kier alpha value is -0.220. The topological polar surface area (TPSA) is 46.2 Å². The minimum absolute atomic E-state index is 0.0646. The molecule has 2 nitrogen and oxygen atoms in total. The zero-order valence-electron chi connectivity index (χ0n) is 10.2. The molecule has 0 aliphatic carbocycles. The summed E-state index contributed by atoms with van der Waals surface area (Å²) in [6.45, 7) is 2.08. The summed E-state index contributed by atoms with van der Waals surface area (Å²) >= 11 is 7.61. The zero-order valence-corrected chi connectivity index (χ0v) is 11.7. The molecule has 0 saturated heterocycles. The van der Waals surface area contributed by atoms with E-state index in [0.717, 1.165) is 30.0 Å². The molecule has 1 atom stereocenters. The van der Waals surface area contributed by atoms with Crippen molar-refractivity contribution in [1.82, 2.24) is 0 Å². The average molecular weight is 274 g/mol. The van der Waals surface area contributed by atoms with Gasteiger partial charge in [0.2, 0.25) is 0 Å². The Morgan fingerprint density at radius 3 is 2.53 bits per heavy atom. The predicted octanol–water partition coefficient (Wildman–Crippen LogP) is 3.31. The van der Waals surface area contributed by atoms with E-state index in [0.29, 0.717) is 0 Å². The van der Waals surface area contributed by atoms with Gasteiger partial charge in [-0.2, -0.15) is 0 Å². The van der Waals surface area contributed by atoms with Crippen molar-refractivity contribution in [1.29, 1.82) is 0 Å². The summed E-state index contributed by atoms with van der Waals surface area (Å²) < 4.78 is 0. The van der Waals surface area contributed by atoms with E-state index in [1.807, 2.05) is 31.2 Å². The first-order valence-electron chi connectivity index (χ1n) is 5.88. The van der Waals surface area contributed by atoms with Gasteiger partial charge in [-0.1, -0.05) is 18.5 Å².